The number of rotatable bonds is 9. The number of carbonyl (C=O) groups is 4. The van der Waals surface area contributed by atoms with E-state index < -0.39 is 11.9 Å². The van der Waals surface area contributed by atoms with Crippen LogP contribution in [0.5, 0.6) is 11.5 Å². The van der Waals surface area contributed by atoms with E-state index in [0.29, 0.717) is 70.5 Å². The highest BCUT2D eigenvalue weighted by atomic mass is 35.5. The molecule has 15 nitrogen and oxygen atoms in total. The summed E-state index contributed by atoms with van der Waals surface area (Å²) in [6, 6.07) is 11.8. The van der Waals surface area contributed by atoms with E-state index in [4.69, 9.17) is 26.1 Å². The first kappa shape index (κ1) is 34.7. The minimum absolute atomic E-state index is 0.0296. The number of nitrogens with one attached hydrogen (secondary N) is 3. The van der Waals surface area contributed by atoms with E-state index in [1.54, 1.807) is 37.5 Å². The molecule has 0 aliphatic carbocycles. The van der Waals surface area contributed by atoms with Crippen LogP contribution in [-0.4, -0.2) is 81.5 Å². The summed E-state index contributed by atoms with van der Waals surface area (Å²) in [5, 5.41) is 9.11. The summed E-state index contributed by atoms with van der Waals surface area (Å²) < 4.78 is 13.3. The lowest BCUT2D eigenvalue weighted by molar-refractivity contribution is -0.137. The maximum atomic E-state index is 13.1. The van der Waals surface area contributed by atoms with Gasteiger partial charge in [-0.3, -0.25) is 29.3 Å². The molecule has 0 saturated carbocycles. The van der Waals surface area contributed by atoms with Crippen molar-refractivity contribution in [3.63, 3.8) is 0 Å². The van der Waals surface area contributed by atoms with Gasteiger partial charge in [-0.15, -0.1) is 0 Å². The number of likely N-dealkylation sites (N-methyl/N-ethyl adjacent to an activating group) is 1. The molecular formula is C36H37ClN8O7. The van der Waals surface area contributed by atoms with Crippen molar-refractivity contribution in [3.05, 3.63) is 75.2 Å². The Hall–Kier alpha value is -5.70. The second-order valence-electron chi connectivity index (χ2n) is 13.1. The maximum absolute atomic E-state index is 13.1. The van der Waals surface area contributed by atoms with Gasteiger partial charge in [0.1, 0.15) is 22.9 Å². The summed E-state index contributed by atoms with van der Waals surface area (Å²) >= 11 is 6.54. The summed E-state index contributed by atoms with van der Waals surface area (Å²) in [7, 11) is 3.13. The molecular weight excluding hydrogens is 692 g/mol. The number of fused-ring (bicyclic) bond motifs is 2. The number of halogens is 1. The number of piperidine rings is 2. The Balaban J connectivity index is 1.01. The molecule has 3 aliphatic heterocycles. The maximum Gasteiger partial charge on any atom is 0.293 e. The minimum atomic E-state index is -0.669. The normalized spacial score (nSPS) is 20.1. The first-order valence-electron chi connectivity index (χ1n) is 17.0. The van der Waals surface area contributed by atoms with Gasteiger partial charge in [-0.1, -0.05) is 11.6 Å². The van der Waals surface area contributed by atoms with Gasteiger partial charge in [0.15, 0.2) is 18.2 Å². The standard InChI is InChI=1S/C36H37ClN8O7/c1-19-12-24(52-23-5-6-25-21(14-23)17-45(34(25)49)28-8-9-30(46)41-33(28)48)10-11-44(19)36-39-16-26(37)32(42-36)40-22-4-7-27-20(13-22)15-29(35(50)43(27)3)51-18-31(47)38-2/h4-7,13-16,19,24,28H,8-12,17-18H2,1-3H3,(H,38,47)(H,39,40,42)(H,41,46,48)/t19-,24+,28?/m0/s1. The van der Waals surface area contributed by atoms with E-state index in [0.717, 1.165) is 5.56 Å². The van der Waals surface area contributed by atoms with Crippen LogP contribution in [0.1, 0.15) is 48.5 Å². The molecule has 1 unspecified atom stereocenters. The number of aromatic nitrogens is 3. The number of amides is 4. The lowest BCUT2D eigenvalue weighted by Gasteiger charge is -2.37. The molecule has 3 atom stereocenters. The van der Waals surface area contributed by atoms with Crippen LogP contribution in [0, 0.1) is 0 Å². The fourth-order valence-electron chi connectivity index (χ4n) is 6.92. The first-order chi connectivity index (χ1) is 25.0. The fourth-order valence-corrected chi connectivity index (χ4v) is 7.06. The van der Waals surface area contributed by atoms with Crippen LogP contribution in [0.3, 0.4) is 0 Å². The number of hydrogen-bond donors (Lipinski definition) is 3. The van der Waals surface area contributed by atoms with Crippen molar-refractivity contribution >= 4 is 63.6 Å². The zero-order valence-corrected chi connectivity index (χ0v) is 29.5. The monoisotopic (exact) mass is 728 g/mol. The van der Waals surface area contributed by atoms with Crippen LogP contribution in [0.2, 0.25) is 5.02 Å². The molecule has 3 aliphatic rings. The Labute approximate surface area is 303 Å². The van der Waals surface area contributed by atoms with Gasteiger partial charge in [-0.2, -0.15) is 4.98 Å². The smallest absolute Gasteiger partial charge is 0.293 e. The zero-order valence-electron chi connectivity index (χ0n) is 28.8. The number of ether oxygens (including phenoxy) is 2. The van der Waals surface area contributed by atoms with Gasteiger partial charge < -0.3 is 34.5 Å². The molecule has 2 fully saturated rings. The average molecular weight is 729 g/mol. The van der Waals surface area contributed by atoms with Gasteiger partial charge in [0.25, 0.3) is 17.4 Å². The molecule has 2 aromatic carbocycles. The Morgan fingerprint density at radius 2 is 1.90 bits per heavy atom. The van der Waals surface area contributed by atoms with E-state index in [-0.39, 0.29) is 60.7 Å². The molecule has 2 saturated heterocycles. The van der Waals surface area contributed by atoms with Crippen LogP contribution in [-0.2, 0) is 28.0 Å². The predicted molar refractivity (Wildman–Crippen MR) is 192 cm³/mol. The molecule has 4 aromatic rings. The van der Waals surface area contributed by atoms with Crippen molar-refractivity contribution < 1.29 is 28.7 Å². The lowest BCUT2D eigenvalue weighted by atomic mass is 10.0. The number of imide groups is 1. The highest BCUT2D eigenvalue weighted by Gasteiger charge is 2.39. The van der Waals surface area contributed by atoms with Gasteiger partial charge in [0.05, 0.1) is 11.7 Å². The molecule has 0 spiro atoms. The van der Waals surface area contributed by atoms with Crippen molar-refractivity contribution in [2.45, 2.75) is 57.3 Å². The number of aryl methyl sites for hydroxylation is 1. The third-order valence-electron chi connectivity index (χ3n) is 9.71. The number of benzene rings is 2. The highest BCUT2D eigenvalue weighted by Crippen LogP contribution is 2.33. The Morgan fingerprint density at radius 1 is 1.08 bits per heavy atom. The Bertz CT molecular complexity index is 2170. The topological polar surface area (TPSA) is 177 Å². The van der Waals surface area contributed by atoms with E-state index in [9.17, 15) is 24.0 Å². The molecule has 3 N–H and O–H groups in total. The van der Waals surface area contributed by atoms with E-state index >= 15 is 0 Å². The van der Waals surface area contributed by atoms with E-state index in [2.05, 4.69) is 32.8 Å². The summed E-state index contributed by atoms with van der Waals surface area (Å²) in [4.78, 5) is 74.5. The molecule has 2 aromatic heterocycles. The van der Waals surface area contributed by atoms with Gasteiger partial charge in [0.2, 0.25) is 17.8 Å². The molecule has 4 amide bonds. The third kappa shape index (κ3) is 6.83. The third-order valence-corrected chi connectivity index (χ3v) is 9.98. The quantitative estimate of drug-likeness (QED) is 0.216. The molecule has 16 heteroatoms. The van der Waals surface area contributed by atoms with E-state index in [1.165, 1.54) is 16.5 Å². The summed E-state index contributed by atoms with van der Waals surface area (Å²) in [6.45, 7) is 2.71. The highest BCUT2D eigenvalue weighted by molar-refractivity contribution is 6.33. The first-order valence-corrected chi connectivity index (χ1v) is 17.3. The average Bonchev–Trinajstić information content (AvgIpc) is 3.44. The van der Waals surface area contributed by atoms with Crippen molar-refractivity contribution in [1.82, 2.24) is 30.1 Å². The largest absolute Gasteiger partial charge is 0.490 e. The van der Waals surface area contributed by atoms with Crippen LogP contribution >= 0.6 is 11.6 Å². The predicted octanol–water partition coefficient (Wildman–Crippen LogP) is 3.05. The van der Waals surface area contributed by atoms with Crippen molar-refractivity contribution in [1.29, 1.82) is 0 Å². The second kappa shape index (κ2) is 14.1. The van der Waals surface area contributed by atoms with Gasteiger partial charge in [-0.05, 0) is 61.4 Å². The van der Waals surface area contributed by atoms with Crippen LogP contribution in [0.25, 0.3) is 10.9 Å². The molecule has 0 radical (unpaired) electrons. The number of nitrogens with zero attached hydrogens (tertiary/aromatic N) is 5. The van der Waals surface area contributed by atoms with Crippen molar-refractivity contribution in [2.24, 2.45) is 7.05 Å². The van der Waals surface area contributed by atoms with Gasteiger partial charge >= 0.3 is 0 Å². The summed E-state index contributed by atoms with van der Waals surface area (Å²) in [5.41, 5.74) is 2.32. The van der Waals surface area contributed by atoms with E-state index in [1.807, 2.05) is 18.2 Å². The van der Waals surface area contributed by atoms with Crippen LogP contribution < -0.4 is 35.9 Å². The SMILES string of the molecule is CNC(=O)COc1cc2cc(Nc3nc(N4CC[C@@H](Oc5ccc6c(c5)CN(C5CCC(=O)NC5=O)C6=O)C[C@@H]4C)ncc3Cl)ccc2n(C)c1=O. The molecule has 5 heterocycles. The number of hydrogen-bond acceptors (Lipinski definition) is 11. The minimum Gasteiger partial charge on any atom is -0.490 e. The molecule has 270 valence electrons. The number of carbonyl (C=O) groups excluding carboxylic acids is 4. The molecule has 0 bridgehead atoms. The zero-order chi connectivity index (χ0) is 36.7. The second-order valence-corrected chi connectivity index (χ2v) is 13.5. The summed E-state index contributed by atoms with van der Waals surface area (Å²) in [5.74, 6) is 0.302. The van der Waals surface area contributed by atoms with Crippen LogP contribution in [0.15, 0.2) is 53.5 Å². The van der Waals surface area contributed by atoms with Crippen molar-refractivity contribution in [3.8, 4) is 11.5 Å². The Morgan fingerprint density at radius 3 is 2.67 bits per heavy atom. The number of pyridine rings is 1. The van der Waals surface area contributed by atoms with Gasteiger partial charge in [0, 0.05) is 69.1 Å². The lowest BCUT2D eigenvalue weighted by Crippen LogP contribution is -2.52. The van der Waals surface area contributed by atoms with Gasteiger partial charge in [-0.25, -0.2) is 4.98 Å². The van der Waals surface area contributed by atoms with Crippen LogP contribution in [0.4, 0.5) is 17.5 Å². The molecule has 52 heavy (non-hydrogen) atoms. The number of anilines is 3. The molecule has 7 rings (SSSR count). The fraction of sp³-hybridized carbons (Fsp3) is 0.361. The summed E-state index contributed by atoms with van der Waals surface area (Å²) in [6.07, 6.45) is 3.38. The Kier molecular flexibility index (Phi) is 9.44. The van der Waals surface area contributed by atoms with Crippen molar-refractivity contribution in [2.75, 3.05) is 30.4 Å².